The van der Waals surface area contributed by atoms with Gasteiger partial charge in [0.25, 0.3) is 5.91 Å². The van der Waals surface area contributed by atoms with Crippen molar-refractivity contribution in [2.24, 2.45) is 0 Å². The number of hydrogen-bond acceptors (Lipinski definition) is 5. The van der Waals surface area contributed by atoms with Gasteiger partial charge in [-0.05, 0) is 67.2 Å². The minimum Gasteiger partial charge on any atom is -0.494 e. The molecule has 0 spiro atoms. The second-order valence-corrected chi connectivity index (χ2v) is 17.0. The molecule has 1 heterocycles. The molecule has 1 saturated heterocycles. The molecule has 0 aliphatic carbocycles. The third-order valence-corrected chi connectivity index (χ3v) is 12.7. The van der Waals surface area contributed by atoms with E-state index in [0.717, 1.165) is 30.8 Å². The van der Waals surface area contributed by atoms with Crippen LogP contribution in [0.25, 0.3) is 0 Å². The minimum atomic E-state index is -2.36. The van der Waals surface area contributed by atoms with E-state index >= 15 is 0 Å². The summed E-state index contributed by atoms with van der Waals surface area (Å²) in [7, 11) is -0.586. The van der Waals surface area contributed by atoms with Crippen LogP contribution in [0.4, 0.5) is 5.69 Å². The van der Waals surface area contributed by atoms with Crippen molar-refractivity contribution in [1.82, 2.24) is 4.90 Å². The fraction of sp³-hybridized carbons (Fsp3) is 0.581. The fourth-order valence-electron chi connectivity index (χ4n) is 4.47. The summed E-state index contributed by atoms with van der Waals surface area (Å²) in [5.74, 6) is 0.593. The van der Waals surface area contributed by atoms with Crippen LogP contribution >= 0.6 is 0 Å². The second-order valence-electron chi connectivity index (χ2n) is 12.2. The number of aliphatic hydroxyl groups is 1. The number of hydrogen-bond donors (Lipinski definition) is 1. The number of ether oxygens (including phenoxy) is 1. The standard InChI is InChI=1S/C31H48N2O4Si/c1-8-9-23-36-27-17-15-26(16-18-27)32(5)29(34)28(37-38(6,7)30(2,3)4)31(35)19-21-33(22-20-31)24-25-13-11-10-12-14-25/h10-18,28,35H,8-9,19-24H2,1-7H3. The van der Waals surface area contributed by atoms with Gasteiger partial charge in [-0.3, -0.25) is 9.69 Å². The summed E-state index contributed by atoms with van der Waals surface area (Å²) in [5.41, 5.74) is 0.786. The summed E-state index contributed by atoms with van der Waals surface area (Å²) >= 11 is 0. The average Bonchev–Trinajstić information content (AvgIpc) is 2.88. The van der Waals surface area contributed by atoms with E-state index in [2.05, 4.69) is 70.0 Å². The number of likely N-dealkylation sites (tertiary alicyclic amines) is 1. The highest BCUT2D eigenvalue weighted by atomic mass is 28.4. The van der Waals surface area contributed by atoms with Gasteiger partial charge in [0.15, 0.2) is 14.4 Å². The maximum absolute atomic E-state index is 14.0. The Morgan fingerprint density at radius 2 is 1.68 bits per heavy atom. The molecular weight excluding hydrogens is 492 g/mol. The van der Waals surface area contributed by atoms with E-state index < -0.39 is 20.0 Å². The van der Waals surface area contributed by atoms with Crippen molar-refractivity contribution in [2.75, 3.05) is 31.6 Å². The van der Waals surface area contributed by atoms with Crippen LogP contribution in [-0.4, -0.2) is 62.7 Å². The third kappa shape index (κ3) is 7.69. The molecule has 6 nitrogen and oxygen atoms in total. The van der Waals surface area contributed by atoms with E-state index in [-0.39, 0.29) is 10.9 Å². The molecule has 1 atom stereocenters. The Bertz CT molecular complexity index is 1010. The summed E-state index contributed by atoms with van der Waals surface area (Å²) < 4.78 is 12.5. The van der Waals surface area contributed by atoms with Crippen LogP contribution in [0.1, 0.15) is 58.9 Å². The SMILES string of the molecule is CCCCOc1ccc(N(C)C(=O)C(O[Si](C)(C)C(C)(C)C)C2(O)CCN(Cc3ccccc3)CC2)cc1. The molecular formula is C31H48N2O4Si. The average molecular weight is 541 g/mol. The van der Waals surface area contributed by atoms with E-state index in [1.54, 1.807) is 11.9 Å². The van der Waals surface area contributed by atoms with Crippen LogP contribution in [0.2, 0.25) is 18.1 Å². The fourth-order valence-corrected chi connectivity index (χ4v) is 5.73. The Balaban J connectivity index is 1.78. The van der Waals surface area contributed by atoms with Crippen LogP contribution in [0.3, 0.4) is 0 Å². The lowest BCUT2D eigenvalue weighted by Gasteiger charge is -2.47. The lowest BCUT2D eigenvalue weighted by atomic mass is 9.85. The third-order valence-electron chi connectivity index (χ3n) is 8.22. The van der Waals surface area contributed by atoms with Gasteiger partial charge >= 0.3 is 0 Å². The minimum absolute atomic E-state index is 0.0913. The topological polar surface area (TPSA) is 62.2 Å². The molecule has 3 rings (SSSR count). The highest BCUT2D eigenvalue weighted by Gasteiger charge is 2.50. The number of anilines is 1. The lowest BCUT2D eigenvalue weighted by Crippen LogP contribution is -2.61. The number of carbonyl (C=O) groups is 1. The number of likely N-dealkylation sites (N-methyl/N-ethyl adjacent to an activating group) is 1. The summed E-state index contributed by atoms with van der Waals surface area (Å²) in [6.07, 6.45) is 2.14. The number of benzene rings is 2. The van der Waals surface area contributed by atoms with Crippen molar-refractivity contribution in [3.05, 3.63) is 60.2 Å². The molecule has 0 bridgehead atoms. The van der Waals surface area contributed by atoms with E-state index in [1.165, 1.54) is 5.56 Å². The molecule has 0 aromatic heterocycles. The first-order valence-electron chi connectivity index (χ1n) is 14.0. The normalized spacial score (nSPS) is 17.2. The Morgan fingerprint density at radius 3 is 2.24 bits per heavy atom. The zero-order chi connectivity index (χ0) is 28.0. The number of nitrogens with zero attached hydrogens (tertiary/aromatic N) is 2. The van der Waals surface area contributed by atoms with E-state index in [4.69, 9.17) is 9.16 Å². The molecule has 1 aliphatic rings. The molecule has 1 fully saturated rings. The van der Waals surface area contributed by atoms with E-state index in [1.807, 2.05) is 30.3 Å². The van der Waals surface area contributed by atoms with Gasteiger partial charge in [0.2, 0.25) is 0 Å². The quantitative estimate of drug-likeness (QED) is 0.270. The smallest absolute Gasteiger partial charge is 0.257 e. The summed E-state index contributed by atoms with van der Waals surface area (Å²) in [6.45, 7) is 15.8. The molecule has 2 aromatic rings. The summed E-state index contributed by atoms with van der Waals surface area (Å²) in [4.78, 5) is 18.0. The number of amides is 1. The molecule has 7 heteroatoms. The molecule has 1 aliphatic heterocycles. The molecule has 1 amide bonds. The van der Waals surface area contributed by atoms with Gasteiger partial charge in [-0.15, -0.1) is 0 Å². The molecule has 210 valence electrons. The molecule has 0 radical (unpaired) electrons. The maximum atomic E-state index is 14.0. The maximum Gasteiger partial charge on any atom is 0.257 e. The predicted octanol–water partition coefficient (Wildman–Crippen LogP) is 6.25. The highest BCUT2D eigenvalue weighted by molar-refractivity contribution is 6.74. The van der Waals surface area contributed by atoms with E-state index in [9.17, 15) is 9.90 Å². The van der Waals surface area contributed by atoms with Crippen molar-refractivity contribution in [2.45, 2.75) is 89.8 Å². The Labute approximate surface area is 231 Å². The first kappa shape index (κ1) is 30.3. The van der Waals surface area contributed by atoms with Gasteiger partial charge in [0, 0.05) is 32.4 Å². The second kappa shape index (κ2) is 12.8. The zero-order valence-electron chi connectivity index (χ0n) is 24.5. The lowest BCUT2D eigenvalue weighted by molar-refractivity contribution is -0.147. The number of piperidine rings is 1. The first-order valence-corrected chi connectivity index (χ1v) is 16.9. The van der Waals surface area contributed by atoms with Gasteiger partial charge in [-0.25, -0.2) is 0 Å². The van der Waals surface area contributed by atoms with Crippen molar-refractivity contribution in [3.63, 3.8) is 0 Å². The van der Waals surface area contributed by atoms with Crippen molar-refractivity contribution >= 4 is 19.9 Å². The van der Waals surface area contributed by atoms with Crippen LogP contribution < -0.4 is 9.64 Å². The highest BCUT2D eigenvalue weighted by Crippen LogP contribution is 2.41. The van der Waals surface area contributed by atoms with Crippen molar-refractivity contribution in [1.29, 1.82) is 0 Å². The first-order chi connectivity index (χ1) is 17.9. The van der Waals surface area contributed by atoms with Crippen LogP contribution in [0.5, 0.6) is 5.75 Å². The Hall–Kier alpha value is -2.19. The van der Waals surface area contributed by atoms with Crippen LogP contribution in [-0.2, 0) is 15.8 Å². The van der Waals surface area contributed by atoms with Crippen molar-refractivity contribution in [3.8, 4) is 5.75 Å². The summed E-state index contributed by atoms with van der Waals surface area (Å²) in [6, 6.07) is 18.0. The van der Waals surface area contributed by atoms with Gasteiger partial charge < -0.3 is 19.2 Å². The zero-order valence-corrected chi connectivity index (χ0v) is 25.5. The molecule has 0 saturated carbocycles. The van der Waals surface area contributed by atoms with Gasteiger partial charge in [-0.1, -0.05) is 64.4 Å². The van der Waals surface area contributed by atoms with Crippen LogP contribution in [0, 0.1) is 0 Å². The number of unbranched alkanes of at least 4 members (excludes halogenated alkanes) is 1. The van der Waals surface area contributed by atoms with Gasteiger partial charge in [-0.2, -0.15) is 0 Å². The Morgan fingerprint density at radius 1 is 1.08 bits per heavy atom. The molecule has 1 unspecified atom stereocenters. The molecule has 38 heavy (non-hydrogen) atoms. The monoisotopic (exact) mass is 540 g/mol. The molecule has 1 N–H and O–H groups in total. The van der Waals surface area contributed by atoms with E-state index in [0.29, 0.717) is 32.5 Å². The van der Waals surface area contributed by atoms with Gasteiger partial charge in [0.1, 0.15) is 11.4 Å². The molecule has 2 aromatic carbocycles. The number of carbonyl (C=O) groups excluding carboxylic acids is 1. The number of rotatable bonds is 11. The van der Waals surface area contributed by atoms with Gasteiger partial charge in [0.05, 0.1) is 6.61 Å². The summed E-state index contributed by atoms with van der Waals surface area (Å²) in [5, 5.41) is 11.9. The van der Waals surface area contributed by atoms with Crippen LogP contribution in [0.15, 0.2) is 54.6 Å². The predicted molar refractivity (Wildman–Crippen MR) is 158 cm³/mol. The van der Waals surface area contributed by atoms with Crippen molar-refractivity contribution < 1.29 is 19.1 Å². The largest absolute Gasteiger partial charge is 0.494 e. The Kier molecular flexibility index (Phi) is 10.2.